The molecule has 3 rings (SSSR count). The average molecular weight is 247 g/mol. The Hall–Kier alpha value is -1.36. The lowest BCUT2D eigenvalue weighted by Gasteiger charge is -2.20. The van der Waals surface area contributed by atoms with Crippen LogP contribution < -0.4 is 16.6 Å². The number of nitrogens with one attached hydrogen (secondary N) is 2. The molecule has 2 aliphatic rings. The van der Waals surface area contributed by atoms with Crippen molar-refractivity contribution in [3.63, 3.8) is 0 Å². The Morgan fingerprint density at radius 2 is 1.83 bits per heavy atom. The van der Waals surface area contributed by atoms with Crippen molar-refractivity contribution >= 4 is 11.6 Å². The molecule has 2 saturated carbocycles. The van der Waals surface area contributed by atoms with Crippen molar-refractivity contribution in [1.29, 1.82) is 0 Å². The van der Waals surface area contributed by atoms with Gasteiger partial charge in [0.05, 0.1) is 0 Å². The standard InChI is InChI=1S/C13H21N5/c1-2-10-12(15-7-16-13(10)18-14)17-11(8-3-4-8)9-5-6-9/h7-9,11H,2-6,14H2,1H3,(H2,15,16,17,18). The molecule has 0 amide bonds. The number of rotatable bonds is 6. The molecule has 2 aliphatic carbocycles. The predicted octanol–water partition coefficient (Wildman–Crippen LogP) is 1.93. The van der Waals surface area contributed by atoms with E-state index in [9.17, 15) is 0 Å². The average Bonchev–Trinajstić information content (AvgIpc) is 3.28. The van der Waals surface area contributed by atoms with Gasteiger partial charge >= 0.3 is 0 Å². The summed E-state index contributed by atoms with van der Waals surface area (Å²) in [5.74, 6) is 8.91. The van der Waals surface area contributed by atoms with Gasteiger partial charge in [0.25, 0.3) is 0 Å². The lowest BCUT2D eigenvalue weighted by Crippen LogP contribution is -2.26. The first-order valence-electron chi connectivity index (χ1n) is 6.90. The fourth-order valence-corrected chi connectivity index (χ4v) is 2.69. The van der Waals surface area contributed by atoms with Crippen LogP contribution in [-0.4, -0.2) is 16.0 Å². The molecular formula is C13H21N5. The third-order valence-corrected chi connectivity index (χ3v) is 4.00. The topological polar surface area (TPSA) is 75.9 Å². The fourth-order valence-electron chi connectivity index (χ4n) is 2.69. The van der Waals surface area contributed by atoms with Crippen LogP contribution in [0.2, 0.25) is 0 Å². The van der Waals surface area contributed by atoms with E-state index in [0.717, 1.165) is 35.5 Å². The molecule has 0 radical (unpaired) electrons. The van der Waals surface area contributed by atoms with Crippen LogP contribution in [0.3, 0.4) is 0 Å². The quantitative estimate of drug-likeness (QED) is 0.529. The smallest absolute Gasteiger partial charge is 0.148 e. The Morgan fingerprint density at radius 3 is 2.33 bits per heavy atom. The molecule has 0 bridgehead atoms. The highest BCUT2D eigenvalue weighted by molar-refractivity contribution is 5.57. The molecule has 1 aromatic rings. The number of nitrogens with zero attached hydrogens (tertiary/aromatic N) is 2. The molecule has 5 heteroatoms. The van der Waals surface area contributed by atoms with Crippen LogP contribution in [0.1, 0.15) is 38.2 Å². The van der Waals surface area contributed by atoms with Crippen molar-refractivity contribution in [3.05, 3.63) is 11.9 Å². The van der Waals surface area contributed by atoms with Crippen molar-refractivity contribution in [2.45, 2.75) is 45.1 Å². The van der Waals surface area contributed by atoms with Gasteiger partial charge in [0.15, 0.2) is 0 Å². The fraction of sp³-hybridized carbons (Fsp3) is 0.692. The lowest BCUT2D eigenvalue weighted by atomic mass is 10.1. The van der Waals surface area contributed by atoms with Crippen LogP contribution in [-0.2, 0) is 6.42 Å². The maximum absolute atomic E-state index is 5.50. The first-order valence-corrected chi connectivity index (χ1v) is 6.90. The van der Waals surface area contributed by atoms with Crippen molar-refractivity contribution in [3.8, 4) is 0 Å². The molecule has 0 atom stereocenters. The van der Waals surface area contributed by atoms with Crippen LogP contribution in [0, 0.1) is 11.8 Å². The lowest BCUT2D eigenvalue weighted by molar-refractivity contribution is 0.564. The number of hydrazine groups is 1. The first-order chi connectivity index (χ1) is 8.83. The van der Waals surface area contributed by atoms with Gasteiger partial charge in [0.2, 0.25) is 0 Å². The SMILES string of the molecule is CCc1c(NN)ncnc1NC(C1CC1)C1CC1. The first kappa shape index (κ1) is 11.7. The van der Waals surface area contributed by atoms with Gasteiger partial charge in [-0.3, -0.25) is 0 Å². The van der Waals surface area contributed by atoms with E-state index in [-0.39, 0.29) is 0 Å². The number of hydrogen-bond acceptors (Lipinski definition) is 5. The minimum Gasteiger partial charge on any atom is -0.366 e. The Kier molecular flexibility index (Phi) is 3.07. The molecule has 4 N–H and O–H groups in total. The number of nitrogens with two attached hydrogens (primary N) is 1. The van der Waals surface area contributed by atoms with Crippen LogP contribution in [0.4, 0.5) is 11.6 Å². The second kappa shape index (κ2) is 4.72. The van der Waals surface area contributed by atoms with E-state index >= 15 is 0 Å². The molecule has 1 aromatic heterocycles. The van der Waals surface area contributed by atoms with Crippen molar-refractivity contribution in [1.82, 2.24) is 9.97 Å². The van der Waals surface area contributed by atoms with Crippen molar-refractivity contribution in [2.24, 2.45) is 17.7 Å². The largest absolute Gasteiger partial charge is 0.366 e. The number of nitrogen functional groups attached to an aromatic ring is 1. The van der Waals surface area contributed by atoms with E-state index in [0.29, 0.717) is 6.04 Å². The molecule has 0 unspecified atom stereocenters. The summed E-state index contributed by atoms with van der Waals surface area (Å²) in [7, 11) is 0. The Bertz CT molecular complexity index is 413. The molecule has 98 valence electrons. The summed E-state index contributed by atoms with van der Waals surface area (Å²) in [6.45, 7) is 2.11. The molecule has 1 heterocycles. The van der Waals surface area contributed by atoms with Crippen LogP contribution in [0.15, 0.2) is 6.33 Å². The van der Waals surface area contributed by atoms with E-state index in [4.69, 9.17) is 5.84 Å². The zero-order chi connectivity index (χ0) is 12.5. The summed E-state index contributed by atoms with van der Waals surface area (Å²) < 4.78 is 0. The number of hydrogen-bond donors (Lipinski definition) is 3. The monoisotopic (exact) mass is 247 g/mol. The second-order valence-electron chi connectivity index (χ2n) is 5.39. The highest BCUT2D eigenvalue weighted by atomic mass is 15.3. The van der Waals surface area contributed by atoms with Crippen molar-refractivity contribution in [2.75, 3.05) is 10.7 Å². The van der Waals surface area contributed by atoms with Crippen LogP contribution in [0.25, 0.3) is 0 Å². The van der Waals surface area contributed by atoms with Gasteiger partial charge in [-0.25, -0.2) is 15.8 Å². The van der Waals surface area contributed by atoms with Gasteiger partial charge < -0.3 is 10.7 Å². The number of anilines is 2. The summed E-state index contributed by atoms with van der Waals surface area (Å²) in [4.78, 5) is 8.57. The summed E-state index contributed by atoms with van der Waals surface area (Å²) in [5.41, 5.74) is 3.75. The molecular weight excluding hydrogens is 226 g/mol. The van der Waals surface area contributed by atoms with Gasteiger partial charge in [-0.05, 0) is 43.9 Å². The third-order valence-electron chi connectivity index (χ3n) is 4.00. The van der Waals surface area contributed by atoms with Gasteiger partial charge in [0.1, 0.15) is 18.0 Å². The molecule has 5 nitrogen and oxygen atoms in total. The maximum Gasteiger partial charge on any atom is 0.148 e. The predicted molar refractivity (Wildman–Crippen MR) is 72.1 cm³/mol. The summed E-state index contributed by atoms with van der Waals surface area (Å²) >= 11 is 0. The minimum absolute atomic E-state index is 0.607. The molecule has 0 saturated heterocycles. The summed E-state index contributed by atoms with van der Waals surface area (Å²) in [5, 5.41) is 3.65. The second-order valence-corrected chi connectivity index (χ2v) is 5.39. The van der Waals surface area contributed by atoms with E-state index in [2.05, 4.69) is 27.6 Å². The van der Waals surface area contributed by atoms with Gasteiger partial charge in [-0.2, -0.15) is 0 Å². The van der Waals surface area contributed by atoms with E-state index in [1.165, 1.54) is 25.7 Å². The molecule has 18 heavy (non-hydrogen) atoms. The van der Waals surface area contributed by atoms with E-state index < -0.39 is 0 Å². The molecule has 0 aromatic carbocycles. The highest BCUT2D eigenvalue weighted by Crippen LogP contribution is 2.46. The molecule has 0 aliphatic heterocycles. The van der Waals surface area contributed by atoms with Gasteiger partial charge in [-0.15, -0.1) is 0 Å². The summed E-state index contributed by atoms with van der Waals surface area (Å²) in [6, 6.07) is 0.607. The van der Waals surface area contributed by atoms with Crippen molar-refractivity contribution < 1.29 is 0 Å². The Balaban J connectivity index is 1.81. The molecule has 2 fully saturated rings. The van der Waals surface area contributed by atoms with Gasteiger partial charge in [-0.1, -0.05) is 6.92 Å². The zero-order valence-electron chi connectivity index (χ0n) is 10.8. The Morgan fingerprint density at radius 1 is 1.22 bits per heavy atom. The Labute approximate surface area is 108 Å². The number of aromatic nitrogens is 2. The van der Waals surface area contributed by atoms with Gasteiger partial charge in [0, 0.05) is 11.6 Å². The summed E-state index contributed by atoms with van der Waals surface area (Å²) in [6.07, 6.45) is 7.91. The van der Waals surface area contributed by atoms with E-state index in [1.807, 2.05) is 0 Å². The highest BCUT2D eigenvalue weighted by Gasteiger charge is 2.41. The maximum atomic E-state index is 5.50. The van der Waals surface area contributed by atoms with Crippen LogP contribution >= 0.6 is 0 Å². The third kappa shape index (κ3) is 2.27. The molecule has 0 spiro atoms. The van der Waals surface area contributed by atoms with Crippen LogP contribution in [0.5, 0.6) is 0 Å². The zero-order valence-corrected chi connectivity index (χ0v) is 10.8. The minimum atomic E-state index is 0.607. The normalized spacial score (nSPS) is 19.1. The van der Waals surface area contributed by atoms with E-state index in [1.54, 1.807) is 6.33 Å².